The lowest BCUT2D eigenvalue weighted by Gasteiger charge is -2.04. The SMILES string of the molecule is COc1ccc([N+](=O)[O-])cc1/C=C(/C#N)c1nc2ccc(F)cc2[nH]1. The van der Waals surface area contributed by atoms with E-state index in [1.54, 1.807) is 0 Å². The molecule has 0 aliphatic heterocycles. The number of H-pyrrole nitrogens is 1. The number of ether oxygens (including phenoxy) is 1. The van der Waals surface area contributed by atoms with Gasteiger partial charge in [0.1, 0.15) is 23.5 Å². The van der Waals surface area contributed by atoms with E-state index in [4.69, 9.17) is 4.74 Å². The number of nitro benzene ring substituents is 1. The minimum absolute atomic E-state index is 0.129. The number of nitro groups is 1. The summed E-state index contributed by atoms with van der Waals surface area (Å²) in [5.41, 5.74) is 1.32. The fourth-order valence-corrected chi connectivity index (χ4v) is 2.37. The van der Waals surface area contributed by atoms with Crippen LogP contribution in [0.5, 0.6) is 5.75 Å². The molecule has 3 aromatic rings. The Hall–Kier alpha value is -3.73. The first kappa shape index (κ1) is 16.1. The van der Waals surface area contributed by atoms with Gasteiger partial charge in [0.05, 0.1) is 28.6 Å². The first-order valence-electron chi connectivity index (χ1n) is 7.11. The zero-order valence-electron chi connectivity index (χ0n) is 13.0. The van der Waals surface area contributed by atoms with Gasteiger partial charge in [-0.1, -0.05) is 0 Å². The Kier molecular flexibility index (Phi) is 4.14. The fourth-order valence-electron chi connectivity index (χ4n) is 2.37. The molecule has 0 atom stereocenters. The molecule has 3 rings (SSSR count). The van der Waals surface area contributed by atoms with Gasteiger partial charge in [-0.3, -0.25) is 10.1 Å². The number of imidazole rings is 1. The van der Waals surface area contributed by atoms with Crippen LogP contribution in [-0.2, 0) is 0 Å². The summed E-state index contributed by atoms with van der Waals surface area (Å²) in [6.45, 7) is 0. The molecule has 124 valence electrons. The van der Waals surface area contributed by atoms with Crippen LogP contribution < -0.4 is 4.74 Å². The summed E-state index contributed by atoms with van der Waals surface area (Å²) in [7, 11) is 1.43. The van der Waals surface area contributed by atoms with E-state index in [-0.39, 0.29) is 17.1 Å². The van der Waals surface area contributed by atoms with Gasteiger partial charge in [0.15, 0.2) is 0 Å². The number of hydrogen-bond donors (Lipinski definition) is 1. The number of rotatable bonds is 4. The lowest BCUT2D eigenvalue weighted by molar-refractivity contribution is -0.384. The van der Waals surface area contributed by atoms with Gasteiger partial charge in [-0.2, -0.15) is 5.26 Å². The first-order valence-corrected chi connectivity index (χ1v) is 7.11. The number of aromatic amines is 1. The highest BCUT2D eigenvalue weighted by Crippen LogP contribution is 2.28. The molecule has 0 saturated carbocycles. The van der Waals surface area contributed by atoms with E-state index in [0.29, 0.717) is 22.3 Å². The van der Waals surface area contributed by atoms with Gasteiger partial charge in [0.25, 0.3) is 5.69 Å². The van der Waals surface area contributed by atoms with Crippen LogP contribution in [0.3, 0.4) is 0 Å². The third kappa shape index (κ3) is 3.16. The molecule has 25 heavy (non-hydrogen) atoms. The topological polar surface area (TPSA) is 105 Å². The number of benzene rings is 2. The van der Waals surface area contributed by atoms with Crippen molar-refractivity contribution < 1.29 is 14.1 Å². The van der Waals surface area contributed by atoms with Crippen molar-refractivity contribution in [3.8, 4) is 11.8 Å². The Bertz CT molecular complexity index is 1050. The largest absolute Gasteiger partial charge is 0.496 e. The second-order valence-electron chi connectivity index (χ2n) is 5.10. The molecule has 1 heterocycles. The number of nitriles is 1. The predicted molar refractivity (Wildman–Crippen MR) is 89.2 cm³/mol. The molecule has 8 heteroatoms. The Morgan fingerprint density at radius 3 is 2.88 bits per heavy atom. The number of halogens is 1. The van der Waals surface area contributed by atoms with Crippen molar-refractivity contribution in [3.05, 3.63) is 63.7 Å². The van der Waals surface area contributed by atoms with Crippen LogP contribution in [0.15, 0.2) is 36.4 Å². The van der Waals surface area contributed by atoms with Crippen LogP contribution in [-0.4, -0.2) is 22.0 Å². The smallest absolute Gasteiger partial charge is 0.270 e. The molecule has 1 aromatic heterocycles. The lowest BCUT2D eigenvalue weighted by Crippen LogP contribution is -1.93. The van der Waals surface area contributed by atoms with E-state index in [0.717, 1.165) is 0 Å². The minimum Gasteiger partial charge on any atom is -0.496 e. The molecule has 2 aromatic carbocycles. The van der Waals surface area contributed by atoms with Gasteiger partial charge in [0, 0.05) is 17.7 Å². The van der Waals surface area contributed by atoms with Crippen molar-refractivity contribution >= 4 is 28.4 Å². The fraction of sp³-hybridized carbons (Fsp3) is 0.0588. The van der Waals surface area contributed by atoms with Gasteiger partial charge < -0.3 is 9.72 Å². The number of aromatic nitrogens is 2. The van der Waals surface area contributed by atoms with Crippen molar-refractivity contribution in [2.45, 2.75) is 0 Å². The van der Waals surface area contributed by atoms with Crippen molar-refractivity contribution in [3.63, 3.8) is 0 Å². The van der Waals surface area contributed by atoms with E-state index < -0.39 is 10.7 Å². The summed E-state index contributed by atoms with van der Waals surface area (Å²) >= 11 is 0. The third-order valence-electron chi connectivity index (χ3n) is 3.54. The second-order valence-corrected chi connectivity index (χ2v) is 5.10. The number of hydrogen-bond acceptors (Lipinski definition) is 5. The molecule has 7 nitrogen and oxygen atoms in total. The molecule has 0 bridgehead atoms. The molecule has 0 amide bonds. The predicted octanol–water partition coefficient (Wildman–Crippen LogP) is 3.68. The van der Waals surface area contributed by atoms with Crippen molar-refractivity contribution in [1.29, 1.82) is 5.26 Å². The maximum atomic E-state index is 13.3. The molecule has 1 N–H and O–H groups in total. The molecule has 0 aliphatic rings. The second kappa shape index (κ2) is 6.41. The van der Waals surface area contributed by atoms with Crippen molar-refractivity contribution in [2.75, 3.05) is 7.11 Å². The minimum atomic E-state index is -0.535. The van der Waals surface area contributed by atoms with Gasteiger partial charge in [-0.05, 0) is 30.3 Å². The zero-order valence-corrected chi connectivity index (χ0v) is 13.0. The number of non-ortho nitro benzene ring substituents is 1. The monoisotopic (exact) mass is 338 g/mol. The quantitative estimate of drug-likeness (QED) is 0.444. The maximum Gasteiger partial charge on any atom is 0.270 e. The van der Waals surface area contributed by atoms with Crippen LogP contribution >= 0.6 is 0 Å². The van der Waals surface area contributed by atoms with Crippen molar-refractivity contribution in [2.24, 2.45) is 0 Å². The number of methoxy groups -OCH3 is 1. The molecular weight excluding hydrogens is 327 g/mol. The van der Waals surface area contributed by atoms with E-state index in [9.17, 15) is 19.8 Å². The Labute approximate surface area is 141 Å². The van der Waals surface area contributed by atoms with Gasteiger partial charge in [-0.25, -0.2) is 9.37 Å². The van der Waals surface area contributed by atoms with Crippen LogP contribution in [0.25, 0.3) is 22.7 Å². The summed E-state index contributed by atoms with van der Waals surface area (Å²) in [4.78, 5) is 17.5. The van der Waals surface area contributed by atoms with Crippen LogP contribution in [0.1, 0.15) is 11.4 Å². The van der Waals surface area contributed by atoms with Gasteiger partial charge >= 0.3 is 0 Å². The Morgan fingerprint density at radius 2 is 2.20 bits per heavy atom. The Balaban J connectivity index is 2.12. The molecule has 0 radical (unpaired) electrons. The van der Waals surface area contributed by atoms with E-state index in [1.165, 1.54) is 49.6 Å². The van der Waals surface area contributed by atoms with Crippen molar-refractivity contribution in [1.82, 2.24) is 9.97 Å². The van der Waals surface area contributed by atoms with E-state index in [2.05, 4.69) is 9.97 Å². The lowest BCUT2D eigenvalue weighted by atomic mass is 10.1. The normalized spacial score (nSPS) is 11.3. The highest BCUT2D eigenvalue weighted by Gasteiger charge is 2.13. The molecule has 0 spiro atoms. The zero-order chi connectivity index (χ0) is 18.0. The van der Waals surface area contributed by atoms with E-state index >= 15 is 0 Å². The molecule has 0 aliphatic carbocycles. The number of nitrogens with zero attached hydrogens (tertiary/aromatic N) is 3. The Morgan fingerprint density at radius 1 is 1.40 bits per heavy atom. The number of nitrogens with one attached hydrogen (secondary N) is 1. The van der Waals surface area contributed by atoms with E-state index in [1.807, 2.05) is 6.07 Å². The summed E-state index contributed by atoms with van der Waals surface area (Å²) in [6, 6.07) is 10.1. The van der Waals surface area contributed by atoms with Gasteiger partial charge in [-0.15, -0.1) is 0 Å². The molecule has 0 saturated heterocycles. The first-order chi connectivity index (χ1) is 12.0. The highest BCUT2D eigenvalue weighted by molar-refractivity contribution is 5.91. The average Bonchev–Trinajstić information content (AvgIpc) is 3.02. The summed E-state index contributed by atoms with van der Waals surface area (Å²) in [6.07, 6.45) is 1.43. The average molecular weight is 338 g/mol. The maximum absolute atomic E-state index is 13.3. The molecule has 0 unspecified atom stereocenters. The third-order valence-corrected chi connectivity index (χ3v) is 3.54. The molecule has 0 fully saturated rings. The summed E-state index contributed by atoms with van der Waals surface area (Å²) in [5, 5.41) is 20.4. The van der Waals surface area contributed by atoms with Gasteiger partial charge in [0.2, 0.25) is 0 Å². The highest BCUT2D eigenvalue weighted by atomic mass is 19.1. The standard InChI is InChI=1S/C17H11FN4O3/c1-25-16-5-3-13(22(23)24)7-10(16)6-11(9-19)17-20-14-4-2-12(18)8-15(14)21-17/h2-8H,1H3,(H,20,21)/b11-6-. The van der Waals surface area contributed by atoms with Crippen LogP contribution in [0.4, 0.5) is 10.1 Å². The number of allylic oxidation sites excluding steroid dienone is 1. The van der Waals surface area contributed by atoms with Crippen LogP contribution in [0.2, 0.25) is 0 Å². The summed E-state index contributed by atoms with van der Waals surface area (Å²) < 4.78 is 18.5. The molecular formula is C17H11FN4O3. The number of fused-ring (bicyclic) bond motifs is 1. The summed E-state index contributed by atoms with van der Waals surface area (Å²) in [5.74, 6) is 0.183. The van der Waals surface area contributed by atoms with Crippen LogP contribution in [0, 0.1) is 27.3 Å².